The molecule has 0 saturated carbocycles. The molecule has 20 heavy (non-hydrogen) atoms. The highest BCUT2D eigenvalue weighted by Gasteiger charge is 2.39. The summed E-state index contributed by atoms with van der Waals surface area (Å²) in [7, 11) is 0. The first-order chi connectivity index (χ1) is 9.60. The molecule has 110 valence electrons. The average molecular weight is 279 g/mol. The third-order valence-corrected chi connectivity index (χ3v) is 3.95. The number of aliphatic carboxylic acids is 1. The lowest BCUT2D eigenvalue weighted by Gasteiger charge is -2.33. The molecule has 0 bridgehead atoms. The molecule has 6 heteroatoms. The van der Waals surface area contributed by atoms with Gasteiger partial charge in [0.2, 0.25) is 5.91 Å². The molecule has 6 nitrogen and oxygen atoms in total. The largest absolute Gasteiger partial charge is 0.481 e. The molecule has 0 aromatic carbocycles. The first-order valence-corrected chi connectivity index (χ1v) is 7.14. The second-order valence-electron chi connectivity index (χ2n) is 5.03. The van der Waals surface area contributed by atoms with Crippen LogP contribution in [0.2, 0.25) is 0 Å². The van der Waals surface area contributed by atoms with E-state index in [-0.39, 0.29) is 5.91 Å². The van der Waals surface area contributed by atoms with Gasteiger partial charge in [0.25, 0.3) is 0 Å². The Morgan fingerprint density at radius 3 is 2.80 bits per heavy atom. The van der Waals surface area contributed by atoms with Gasteiger partial charge in [-0.3, -0.25) is 14.3 Å². The summed E-state index contributed by atoms with van der Waals surface area (Å²) in [5.41, 5.74) is 0.817. The van der Waals surface area contributed by atoms with Crippen LogP contribution in [-0.4, -0.2) is 38.2 Å². The van der Waals surface area contributed by atoms with Crippen molar-refractivity contribution in [2.24, 2.45) is 5.92 Å². The lowest BCUT2D eigenvalue weighted by molar-refractivity contribution is -0.146. The molecule has 2 heterocycles. The van der Waals surface area contributed by atoms with Gasteiger partial charge in [-0.15, -0.1) is 0 Å². The van der Waals surface area contributed by atoms with Crippen LogP contribution in [0.5, 0.6) is 0 Å². The molecule has 1 aliphatic rings. The maximum atomic E-state index is 12.2. The molecule has 0 aliphatic carbocycles. The van der Waals surface area contributed by atoms with E-state index in [4.69, 9.17) is 0 Å². The highest BCUT2D eigenvalue weighted by molar-refractivity contribution is 5.79. The van der Waals surface area contributed by atoms with Crippen molar-refractivity contribution >= 4 is 11.9 Å². The van der Waals surface area contributed by atoms with E-state index in [2.05, 4.69) is 5.10 Å². The monoisotopic (exact) mass is 279 g/mol. The Kier molecular flexibility index (Phi) is 4.42. The lowest BCUT2D eigenvalue weighted by atomic mass is 9.92. The summed E-state index contributed by atoms with van der Waals surface area (Å²) in [6.07, 6.45) is 3.25. The number of carboxylic acid groups (broad SMARTS) is 1. The smallest absolute Gasteiger partial charge is 0.309 e. The minimum atomic E-state index is -0.841. The van der Waals surface area contributed by atoms with E-state index in [1.54, 1.807) is 15.8 Å². The third kappa shape index (κ3) is 2.55. The van der Waals surface area contributed by atoms with Crippen molar-refractivity contribution in [3.05, 3.63) is 18.0 Å². The van der Waals surface area contributed by atoms with Crippen LogP contribution in [0.3, 0.4) is 0 Å². The van der Waals surface area contributed by atoms with E-state index in [9.17, 15) is 14.7 Å². The van der Waals surface area contributed by atoms with Gasteiger partial charge in [-0.1, -0.05) is 0 Å². The fraction of sp³-hybridized carbons (Fsp3) is 0.643. The van der Waals surface area contributed by atoms with Crippen LogP contribution in [0.4, 0.5) is 0 Å². The Labute approximate surface area is 118 Å². The van der Waals surface area contributed by atoms with E-state index in [0.29, 0.717) is 32.4 Å². The van der Waals surface area contributed by atoms with Crippen LogP contribution < -0.4 is 0 Å². The Morgan fingerprint density at radius 1 is 1.45 bits per heavy atom. The number of nitrogens with zero attached hydrogens (tertiary/aromatic N) is 3. The number of carbonyl (C=O) groups is 2. The average Bonchev–Trinajstić information content (AvgIpc) is 2.82. The van der Waals surface area contributed by atoms with Crippen molar-refractivity contribution in [2.75, 3.05) is 6.54 Å². The standard InChI is InChI=1S/C14H21N3O3/c1-3-16-12(18)7-5-6-10(14(19)20)13(16)11-8-9-15-17(11)4-2/h8-10,13H,3-7H2,1-2H3,(H,19,20). The second kappa shape index (κ2) is 6.07. The number of aryl methyl sites for hydroxylation is 1. The number of hydrogen-bond acceptors (Lipinski definition) is 3. The van der Waals surface area contributed by atoms with Crippen LogP contribution in [0.25, 0.3) is 0 Å². The first kappa shape index (κ1) is 14.6. The zero-order valence-corrected chi connectivity index (χ0v) is 12.0. The van der Waals surface area contributed by atoms with Gasteiger partial charge < -0.3 is 10.0 Å². The van der Waals surface area contributed by atoms with Crippen LogP contribution in [-0.2, 0) is 16.1 Å². The Bertz CT molecular complexity index is 496. The maximum absolute atomic E-state index is 12.2. The van der Waals surface area contributed by atoms with E-state index < -0.39 is 17.9 Å². The highest BCUT2D eigenvalue weighted by atomic mass is 16.4. The molecule has 1 aromatic heterocycles. The van der Waals surface area contributed by atoms with Gasteiger partial charge in [-0.25, -0.2) is 0 Å². The van der Waals surface area contributed by atoms with E-state index in [0.717, 1.165) is 5.69 Å². The van der Waals surface area contributed by atoms with Gasteiger partial charge in [0.1, 0.15) is 0 Å². The van der Waals surface area contributed by atoms with Crippen molar-refractivity contribution in [1.82, 2.24) is 14.7 Å². The van der Waals surface area contributed by atoms with Crippen LogP contribution in [0, 0.1) is 5.92 Å². The minimum absolute atomic E-state index is 0.0325. The number of likely N-dealkylation sites (tertiary alicyclic amines) is 1. The summed E-state index contributed by atoms with van der Waals surface area (Å²) >= 11 is 0. The van der Waals surface area contributed by atoms with E-state index in [1.165, 1.54) is 0 Å². The topological polar surface area (TPSA) is 75.4 Å². The Balaban J connectivity index is 2.48. The molecule has 2 atom stereocenters. The molecular weight excluding hydrogens is 258 g/mol. The van der Waals surface area contributed by atoms with Crippen molar-refractivity contribution < 1.29 is 14.7 Å². The number of aromatic nitrogens is 2. The quantitative estimate of drug-likeness (QED) is 0.909. The number of carboxylic acids is 1. The fourth-order valence-electron chi connectivity index (χ4n) is 3.00. The van der Waals surface area contributed by atoms with Crippen LogP contribution >= 0.6 is 0 Å². The van der Waals surface area contributed by atoms with Crippen molar-refractivity contribution in [3.8, 4) is 0 Å². The van der Waals surface area contributed by atoms with Gasteiger partial charge in [-0.05, 0) is 32.8 Å². The second-order valence-corrected chi connectivity index (χ2v) is 5.03. The summed E-state index contributed by atoms with van der Waals surface area (Å²) < 4.78 is 1.78. The maximum Gasteiger partial charge on any atom is 0.309 e. The molecule has 1 aromatic rings. The molecule has 0 radical (unpaired) electrons. The summed E-state index contributed by atoms with van der Waals surface area (Å²) in [4.78, 5) is 25.5. The third-order valence-electron chi connectivity index (χ3n) is 3.95. The molecule has 2 unspecified atom stereocenters. The molecule has 0 spiro atoms. The zero-order valence-electron chi connectivity index (χ0n) is 12.0. The minimum Gasteiger partial charge on any atom is -0.481 e. The van der Waals surface area contributed by atoms with Gasteiger partial charge >= 0.3 is 5.97 Å². The highest BCUT2D eigenvalue weighted by Crippen LogP contribution is 2.35. The van der Waals surface area contributed by atoms with E-state index in [1.807, 2.05) is 19.9 Å². The number of rotatable bonds is 4. The van der Waals surface area contributed by atoms with Gasteiger partial charge in [0.05, 0.1) is 17.7 Å². The molecule has 2 rings (SSSR count). The Hall–Kier alpha value is -1.85. The fourth-order valence-corrected chi connectivity index (χ4v) is 3.00. The predicted molar refractivity (Wildman–Crippen MR) is 73.0 cm³/mol. The summed E-state index contributed by atoms with van der Waals surface area (Å²) in [5.74, 6) is -1.37. The normalized spacial score (nSPS) is 23.7. The summed E-state index contributed by atoms with van der Waals surface area (Å²) in [5, 5.41) is 13.7. The lowest BCUT2D eigenvalue weighted by Crippen LogP contribution is -2.40. The van der Waals surface area contributed by atoms with Crippen molar-refractivity contribution in [2.45, 2.75) is 45.7 Å². The van der Waals surface area contributed by atoms with Gasteiger partial charge in [-0.2, -0.15) is 5.10 Å². The molecule has 1 N–H and O–H groups in total. The van der Waals surface area contributed by atoms with E-state index >= 15 is 0 Å². The number of carbonyl (C=O) groups excluding carboxylic acids is 1. The van der Waals surface area contributed by atoms with Crippen molar-refractivity contribution in [3.63, 3.8) is 0 Å². The van der Waals surface area contributed by atoms with Gasteiger partial charge in [0, 0.05) is 25.7 Å². The molecule has 1 aliphatic heterocycles. The van der Waals surface area contributed by atoms with Crippen LogP contribution in [0.15, 0.2) is 12.3 Å². The van der Waals surface area contributed by atoms with Gasteiger partial charge in [0.15, 0.2) is 0 Å². The predicted octanol–water partition coefficient (Wildman–Crippen LogP) is 1.68. The number of amides is 1. The SMILES string of the molecule is CCN1C(=O)CCCC(C(=O)O)C1c1ccnn1CC. The summed E-state index contributed by atoms with van der Waals surface area (Å²) in [6, 6.07) is 1.40. The summed E-state index contributed by atoms with van der Waals surface area (Å²) in [6.45, 7) is 5.03. The van der Waals surface area contributed by atoms with Crippen molar-refractivity contribution in [1.29, 1.82) is 0 Å². The Morgan fingerprint density at radius 2 is 2.20 bits per heavy atom. The zero-order chi connectivity index (χ0) is 14.7. The first-order valence-electron chi connectivity index (χ1n) is 7.14. The number of hydrogen-bond donors (Lipinski definition) is 1. The molecule has 1 saturated heterocycles. The molecular formula is C14H21N3O3. The molecule has 1 fully saturated rings. The molecule has 1 amide bonds. The van der Waals surface area contributed by atoms with Crippen LogP contribution in [0.1, 0.15) is 44.8 Å².